The molecule has 34 heavy (non-hydrogen) atoms. The summed E-state index contributed by atoms with van der Waals surface area (Å²) in [6.45, 7) is 1.47. The number of rotatable bonds is 11. The smallest absolute Gasteiger partial charge is 0.203 e. The Morgan fingerprint density at radius 2 is 0.941 bits per heavy atom. The first-order chi connectivity index (χ1) is 16.7. The van der Waals surface area contributed by atoms with Gasteiger partial charge in [0, 0.05) is 12.6 Å². The van der Waals surface area contributed by atoms with E-state index >= 15 is 0 Å². The van der Waals surface area contributed by atoms with Gasteiger partial charge in [0.05, 0.1) is 0 Å². The van der Waals surface area contributed by atoms with Crippen molar-refractivity contribution in [2.45, 2.75) is 25.9 Å². The number of benzene rings is 4. The van der Waals surface area contributed by atoms with Crippen LogP contribution in [0, 0.1) is 0 Å². The van der Waals surface area contributed by atoms with Crippen LogP contribution in [0.3, 0.4) is 0 Å². The van der Waals surface area contributed by atoms with Crippen molar-refractivity contribution in [3.8, 4) is 17.2 Å². The minimum Gasteiger partial charge on any atom is -0.485 e. The first-order valence-corrected chi connectivity index (χ1v) is 11.4. The van der Waals surface area contributed by atoms with Crippen LogP contribution in [0.1, 0.15) is 28.3 Å². The highest BCUT2D eigenvalue weighted by Gasteiger charge is 2.19. The molecule has 0 amide bonds. The summed E-state index contributed by atoms with van der Waals surface area (Å²) in [5, 5.41) is 0. The molecule has 4 N–H and O–H groups in total. The topological polar surface area (TPSA) is 79.7 Å². The summed E-state index contributed by atoms with van der Waals surface area (Å²) < 4.78 is 18.8. The van der Waals surface area contributed by atoms with Crippen molar-refractivity contribution in [3.63, 3.8) is 0 Å². The fourth-order valence-electron chi connectivity index (χ4n) is 3.50. The van der Waals surface area contributed by atoms with Crippen LogP contribution < -0.4 is 25.7 Å². The van der Waals surface area contributed by atoms with E-state index in [0.717, 1.165) is 22.3 Å². The minimum absolute atomic E-state index is 0.306. The van der Waals surface area contributed by atoms with E-state index in [2.05, 4.69) is 0 Å². The molecule has 4 aromatic carbocycles. The molecule has 0 aromatic heterocycles. The van der Waals surface area contributed by atoms with Gasteiger partial charge in [-0.25, -0.2) is 0 Å². The Bertz CT molecular complexity index is 1090. The van der Waals surface area contributed by atoms with Crippen LogP contribution in [0.15, 0.2) is 103 Å². The van der Waals surface area contributed by atoms with E-state index in [4.69, 9.17) is 25.7 Å². The molecule has 5 nitrogen and oxygen atoms in total. The molecule has 0 saturated heterocycles. The van der Waals surface area contributed by atoms with Crippen molar-refractivity contribution >= 4 is 0 Å². The molecule has 0 aliphatic carbocycles. The first-order valence-electron chi connectivity index (χ1n) is 11.4. The average molecular weight is 455 g/mol. The van der Waals surface area contributed by atoms with Gasteiger partial charge >= 0.3 is 0 Å². The number of hydrogen-bond acceptors (Lipinski definition) is 5. The molecule has 0 aliphatic rings. The third-order valence-electron chi connectivity index (χ3n) is 5.43. The van der Waals surface area contributed by atoms with Crippen molar-refractivity contribution in [1.82, 2.24) is 0 Å². The van der Waals surface area contributed by atoms with Gasteiger partial charge in [-0.15, -0.1) is 0 Å². The van der Waals surface area contributed by atoms with E-state index in [9.17, 15) is 0 Å². The standard InChI is InChI=1S/C29H30N2O3/c30-18-26(31)25-16-27(32-19-22-10-4-1-5-11-22)29(34-21-24-14-8-3-9-15-24)28(17-25)33-20-23-12-6-2-7-13-23/h1-17,26H,18-21,30-31H2. The zero-order valence-electron chi connectivity index (χ0n) is 19.1. The lowest BCUT2D eigenvalue weighted by atomic mass is 10.1. The van der Waals surface area contributed by atoms with Crippen LogP contribution in [0.4, 0.5) is 0 Å². The summed E-state index contributed by atoms with van der Waals surface area (Å²) in [4.78, 5) is 0. The van der Waals surface area contributed by atoms with Gasteiger partial charge in [-0.05, 0) is 34.4 Å². The van der Waals surface area contributed by atoms with Crippen LogP contribution in [-0.2, 0) is 19.8 Å². The largest absolute Gasteiger partial charge is 0.485 e. The van der Waals surface area contributed by atoms with E-state index in [0.29, 0.717) is 43.6 Å². The van der Waals surface area contributed by atoms with Gasteiger partial charge in [-0.1, -0.05) is 91.0 Å². The highest BCUT2D eigenvalue weighted by atomic mass is 16.5. The molecule has 1 atom stereocenters. The second kappa shape index (κ2) is 11.9. The van der Waals surface area contributed by atoms with Gasteiger partial charge in [0.25, 0.3) is 0 Å². The molecule has 0 fully saturated rings. The Kier molecular flexibility index (Phi) is 8.17. The van der Waals surface area contributed by atoms with Crippen molar-refractivity contribution in [3.05, 3.63) is 125 Å². The van der Waals surface area contributed by atoms with E-state index in [1.165, 1.54) is 0 Å². The highest BCUT2D eigenvalue weighted by Crippen LogP contribution is 2.41. The van der Waals surface area contributed by atoms with Crippen molar-refractivity contribution < 1.29 is 14.2 Å². The van der Waals surface area contributed by atoms with Gasteiger partial charge < -0.3 is 25.7 Å². The monoisotopic (exact) mass is 454 g/mol. The lowest BCUT2D eigenvalue weighted by Crippen LogP contribution is -2.21. The summed E-state index contributed by atoms with van der Waals surface area (Å²) in [5.74, 6) is 1.69. The maximum atomic E-state index is 6.28. The summed E-state index contributed by atoms with van der Waals surface area (Å²) in [7, 11) is 0. The molecular formula is C29H30N2O3. The van der Waals surface area contributed by atoms with E-state index in [-0.39, 0.29) is 6.04 Å². The van der Waals surface area contributed by atoms with E-state index < -0.39 is 0 Å². The van der Waals surface area contributed by atoms with E-state index in [1.54, 1.807) is 0 Å². The van der Waals surface area contributed by atoms with E-state index in [1.807, 2.05) is 103 Å². The predicted molar refractivity (Wildman–Crippen MR) is 135 cm³/mol. The summed E-state index contributed by atoms with van der Waals surface area (Å²) >= 11 is 0. The fraction of sp³-hybridized carbons (Fsp3) is 0.172. The molecule has 4 aromatic rings. The summed E-state index contributed by atoms with van der Waals surface area (Å²) in [5.41, 5.74) is 16.1. The Morgan fingerprint density at radius 1 is 0.559 bits per heavy atom. The van der Waals surface area contributed by atoms with Gasteiger partial charge in [0.1, 0.15) is 19.8 Å². The molecule has 0 aliphatic heterocycles. The molecule has 4 rings (SSSR count). The number of hydrogen-bond donors (Lipinski definition) is 2. The fourth-order valence-corrected chi connectivity index (χ4v) is 3.50. The Balaban J connectivity index is 1.66. The Hall–Kier alpha value is -3.80. The van der Waals surface area contributed by atoms with Crippen molar-refractivity contribution in [2.24, 2.45) is 11.5 Å². The van der Waals surface area contributed by atoms with Gasteiger partial charge in [-0.3, -0.25) is 0 Å². The molecule has 0 saturated carbocycles. The molecule has 174 valence electrons. The maximum Gasteiger partial charge on any atom is 0.203 e. The molecule has 5 heteroatoms. The zero-order chi connectivity index (χ0) is 23.6. The van der Waals surface area contributed by atoms with Gasteiger partial charge in [0.2, 0.25) is 5.75 Å². The van der Waals surface area contributed by atoms with Crippen LogP contribution in [0.2, 0.25) is 0 Å². The summed E-state index contributed by atoms with van der Waals surface area (Å²) in [6.07, 6.45) is 0. The van der Waals surface area contributed by atoms with Crippen molar-refractivity contribution in [1.29, 1.82) is 0 Å². The quantitative estimate of drug-likeness (QED) is 0.318. The SMILES string of the molecule is NCC(N)c1cc(OCc2ccccc2)c(OCc2ccccc2)c(OCc2ccccc2)c1. The van der Waals surface area contributed by atoms with Crippen LogP contribution in [0.5, 0.6) is 17.2 Å². The third-order valence-corrected chi connectivity index (χ3v) is 5.43. The zero-order valence-corrected chi connectivity index (χ0v) is 19.1. The van der Waals surface area contributed by atoms with Gasteiger partial charge in [-0.2, -0.15) is 0 Å². The normalized spacial score (nSPS) is 11.6. The molecular weight excluding hydrogens is 424 g/mol. The second-order valence-corrected chi connectivity index (χ2v) is 8.01. The highest BCUT2D eigenvalue weighted by molar-refractivity contribution is 5.55. The minimum atomic E-state index is -0.346. The van der Waals surface area contributed by atoms with Crippen LogP contribution in [0.25, 0.3) is 0 Å². The molecule has 0 heterocycles. The second-order valence-electron chi connectivity index (χ2n) is 8.01. The molecule has 1 unspecified atom stereocenters. The Morgan fingerprint density at radius 3 is 1.32 bits per heavy atom. The molecule has 0 radical (unpaired) electrons. The lowest BCUT2D eigenvalue weighted by molar-refractivity contribution is 0.229. The summed E-state index contributed by atoms with van der Waals surface area (Å²) in [6, 6.07) is 33.4. The Labute approximate surface area is 200 Å². The van der Waals surface area contributed by atoms with Gasteiger partial charge in [0.15, 0.2) is 11.5 Å². The number of nitrogens with two attached hydrogens (primary N) is 2. The molecule has 0 bridgehead atoms. The molecule has 0 spiro atoms. The number of ether oxygens (including phenoxy) is 3. The maximum absolute atomic E-state index is 6.28. The van der Waals surface area contributed by atoms with Crippen LogP contribution in [-0.4, -0.2) is 6.54 Å². The third kappa shape index (κ3) is 6.38. The average Bonchev–Trinajstić information content (AvgIpc) is 2.91. The van der Waals surface area contributed by atoms with Crippen LogP contribution >= 0.6 is 0 Å². The van der Waals surface area contributed by atoms with Crippen molar-refractivity contribution in [2.75, 3.05) is 6.54 Å². The lowest BCUT2D eigenvalue weighted by Gasteiger charge is -2.20. The predicted octanol–water partition coefficient (Wildman–Crippen LogP) is 5.38. The first kappa shape index (κ1) is 23.4.